The molecule has 0 aliphatic carbocycles. The molecule has 1 N–H and O–H groups in total. The molecule has 70 valence electrons. The van der Waals surface area contributed by atoms with Crippen molar-refractivity contribution in [1.29, 1.82) is 5.26 Å². The molecule has 2 rings (SSSR count). The Kier molecular flexibility index (Phi) is 2.31. The summed E-state index contributed by atoms with van der Waals surface area (Å²) in [5, 5.41) is 9.96. The molecule has 0 bridgehead atoms. The van der Waals surface area contributed by atoms with E-state index in [9.17, 15) is 0 Å². The van der Waals surface area contributed by atoms with Gasteiger partial charge in [0.2, 0.25) is 0 Å². The molecule has 2 aromatic rings. The lowest BCUT2D eigenvalue weighted by Gasteiger charge is -2.02. The molecule has 0 spiro atoms. The Morgan fingerprint density at radius 3 is 2.86 bits per heavy atom. The smallest absolute Gasteiger partial charge is 0.128 e. The van der Waals surface area contributed by atoms with Gasteiger partial charge in [-0.05, 0) is 6.07 Å². The molecular formula is C8H5N3S3. The van der Waals surface area contributed by atoms with E-state index in [1.807, 2.05) is 0 Å². The number of hydrogen-bond donors (Lipinski definition) is 3. The van der Waals surface area contributed by atoms with E-state index >= 15 is 0 Å². The minimum absolute atomic E-state index is 0.550. The lowest BCUT2D eigenvalue weighted by molar-refractivity contribution is 0.882. The van der Waals surface area contributed by atoms with Crippen LogP contribution in [0.25, 0.3) is 5.52 Å². The van der Waals surface area contributed by atoms with E-state index < -0.39 is 0 Å². The maximum atomic E-state index is 8.74. The van der Waals surface area contributed by atoms with E-state index in [2.05, 4.69) is 36.3 Å². The number of rotatable bonds is 0. The first-order valence-electron chi connectivity index (χ1n) is 3.70. The summed E-state index contributed by atoms with van der Waals surface area (Å²) in [6, 6.07) is 3.76. The molecule has 0 aliphatic rings. The molecule has 0 atom stereocenters. The van der Waals surface area contributed by atoms with E-state index in [4.69, 9.17) is 17.5 Å². The highest BCUT2D eigenvalue weighted by Gasteiger charge is 2.05. The van der Waals surface area contributed by atoms with Crippen molar-refractivity contribution in [3.63, 3.8) is 0 Å². The summed E-state index contributed by atoms with van der Waals surface area (Å²) in [6.07, 6.45) is 1.68. The van der Waals surface area contributed by atoms with Crippen molar-refractivity contribution in [2.75, 3.05) is 0 Å². The minimum Gasteiger partial charge on any atom is -0.338 e. The molecule has 0 aliphatic heterocycles. The summed E-state index contributed by atoms with van der Waals surface area (Å²) in [4.78, 5) is 2.89. The van der Waals surface area contributed by atoms with Gasteiger partial charge in [-0.15, -0.1) is 25.3 Å². The monoisotopic (exact) mass is 239 g/mol. The highest BCUT2D eigenvalue weighted by Crippen LogP contribution is 2.20. The second kappa shape index (κ2) is 3.35. The lowest BCUT2D eigenvalue weighted by Crippen LogP contribution is -1.91. The molecular weight excluding hydrogens is 234 g/mol. The molecule has 0 aromatic carbocycles. The van der Waals surface area contributed by atoms with Crippen molar-refractivity contribution in [3.05, 3.63) is 22.5 Å². The van der Waals surface area contributed by atoms with E-state index in [1.54, 1.807) is 16.7 Å². The van der Waals surface area contributed by atoms with Crippen LogP contribution in [-0.2, 0) is 0 Å². The molecule has 2 aromatic heterocycles. The van der Waals surface area contributed by atoms with E-state index in [0.717, 1.165) is 5.52 Å². The van der Waals surface area contributed by atoms with Gasteiger partial charge in [-0.25, -0.2) is 0 Å². The number of aromatic amines is 1. The quantitative estimate of drug-likeness (QED) is 0.488. The van der Waals surface area contributed by atoms with Gasteiger partial charge < -0.3 is 9.38 Å². The number of nitriles is 1. The fourth-order valence-electron chi connectivity index (χ4n) is 1.22. The molecule has 0 fully saturated rings. The summed E-state index contributed by atoms with van der Waals surface area (Å²) in [6.45, 7) is 0. The number of aromatic nitrogens is 2. The van der Waals surface area contributed by atoms with Gasteiger partial charge in [0.25, 0.3) is 0 Å². The summed E-state index contributed by atoms with van der Waals surface area (Å²) >= 11 is 13.5. The van der Waals surface area contributed by atoms with Gasteiger partial charge in [-0.1, -0.05) is 12.2 Å². The zero-order valence-electron chi connectivity index (χ0n) is 6.85. The van der Waals surface area contributed by atoms with Gasteiger partial charge in [-0.3, -0.25) is 0 Å². The summed E-state index contributed by atoms with van der Waals surface area (Å²) in [7, 11) is 0. The SMILES string of the molecule is N#Cc1cc2c(=S)[nH]c(S)c(S)n2c1. The Bertz CT molecular complexity index is 603. The van der Waals surface area contributed by atoms with Crippen LogP contribution in [0.4, 0.5) is 0 Å². The van der Waals surface area contributed by atoms with Crippen molar-refractivity contribution < 1.29 is 0 Å². The van der Waals surface area contributed by atoms with E-state index in [1.165, 1.54) is 0 Å². The summed E-state index contributed by atoms with van der Waals surface area (Å²) in [5.41, 5.74) is 1.32. The number of thiol groups is 2. The third-order valence-corrected chi connectivity index (χ3v) is 3.10. The zero-order chi connectivity index (χ0) is 10.3. The van der Waals surface area contributed by atoms with Crippen LogP contribution in [-0.4, -0.2) is 9.38 Å². The van der Waals surface area contributed by atoms with Crippen LogP contribution >= 0.6 is 37.5 Å². The molecule has 2 heterocycles. The van der Waals surface area contributed by atoms with Crippen molar-refractivity contribution in [2.24, 2.45) is 0 Å². The molecule has 0 saturated carbocycles. The Morgan fingerprint density at radius 2 is 2.21 bits per heavy atom. The average molecular weight is 239 g/mol. The van der Waals surface area contributed by atoms with Gasteiger partial charge in [0.05, 0.1) is 11.1 Å². The average Bonchev–Trinajstić information content (AvgIpc) is 2.58. The van der Waals surface area contributed by atoms with Crippen molar-refractivity contribution in [2.45, 2.75) is 10.1 Å². The highest BCUT2D eigenvalue weighted by atomic mass is 32.1. The van der Waals surface area contributed by atoms with Gasteiger partial charge in [-0.2, -0.15) is 5.26 Å². The normalized spacial score (nSPS) is 10.4. The maximum Gasteiger partial charge on any atom is 0.128 e. The standard InChI is InChI=1S/C8H5N3S3/c9-2-4-1-5-6(12)10-7(13)8(14)11(5)3-4/h1,3,13-14H,(H,10,12). The topological polar surface area (TPSA) is 44.0 Å². The van der Waals surface area contributed by atoms with Crippen LogP contribution in [0.2, 0.25) is 0 Å². The van der Waals surface area contributed by atoms with Gasteiger partial charge in [0, 0.05) is 6.20 Å². The molecule has 14 heavy (non-hydrogen) atoms. The molecule has 0 unspecified atom stereocenters. The second-order valence-corrected chi connectivity index (χ2v) is 4.00. The third-order valence-electron chi connectivity index (χ3n) is 1.85. The van der Waals surface area contributed by atoms with Crippen LogP contribution in [0.15, 0.2) is 22.3 Å². The number of hydrogen-bond acceptors (Lipinski definition) is 4. The van der Waals surface area contributed by atoms with Gasteiger partial charge in [0.1, 0.15) is 20.8 Å². The Balaban J connectivity index is 3.00. The summed E-state index contributed by atoms with van der Waals surface area (Å²) in [5.74, 6) is 0. The number of nitrogens with one attached hydrogen (secondary N) is 1. The fourth-order valence-corrected chi connectivity index (χ4v) is 1.99. The maximum absolute atomic E-state index is 8.74. The Labute approximate surface area is 96.2 Å². The lowest BCUT2D eigenvalue weighted by atomic mass is 10.4. The van der Waals surface area contributed by atoms with Crippen molar-refractivity contribution in [3.8, 4) is 6.07 Å². The Hall–Kier alpha value is -0.900. The van der Waals surface area contributed by atoms with Crippen LogP contribution in [0.3, 0.4) is 0 Å². The van der Waals surface area contributed by atoms with Gasteiger partial charge >= 0.3 is 0 Å². The number of fused-ring (bicyclic) bond motifs is 1. The third kappa shape index (κ3) is 1.34. The Morgan fingerprint density at radius 1 is 1.50 bits per heavy atom. The largest absolute Gasteiger partial charge is 0.338 e. The first kappa shape index (κ1) is 9.65. The van der Waals surface area contributed by atoms with Crippen LogP contribution in [0.1, 0.15) is 5.56 Å². The van der Waals surface area contributed by atoms with E-state index in [0.29, 0.717) is 20.3 Å². The number of nitrogens with zero attached hydrogens (tertiary/aromatic N) is 2. The van der Waals surface area contributed by atoms with Crippen molar-refractivity contribution >= 4 is 43.0 Å². The molecule has 0 radical (unpaired) electrons. The van der Waals surface area contributed by atoms with E-state index in [-0.39, 0.29) is 0 Å². The minimum atomic E-state index is 0.550. The predicted octanol–water partition coefficient (Wildman–Crippen LogP) is 2.45. The fraction of sp³-hybridized carbons (Fsp3) is 0. The molecule has 0 amide bonds. The molecule has 3 nitrogen and oxygen atoms in total. The van der Waals surface area contributed by atoms with Gasteiger partial charge in [0.15, 0.2) is 0 Å². The first-order valence-corrected chi connectivity index (χ1v) is 5.00. The first-order chi connectivity index (χ1) is 6.63. The highest BCUT2D eigenvalue weighted by molar-refractivity contribution is 7.83. The second-order valence-electron chi connectivity index (χ2n) is 2.72. The predicted molar refractivity (Wildman–Crippen MR) is 61.8 cm³/mol. The van der Waals surface area contributed by atoms with Crippen LogP contribution in [0.5, 0.6) is 0 Å². The summed E-state index contributed by atoms with van der Waals surface area (Å²) < 4.78 is 2.29. The van der Waals surface area contributed by atoms with Crippen molar-refractivity contribution in [1.82, 2.24) is 9.38 Å². The van der Waals surface area contributed by atoms with Crippen LogP contribution < -0.4 is 0 Å². The molecule has 6 heteroatoms. The molecule has 0 saturated heterocycles. The number of H-pyrrole nitrogens is 1. The zero-order valence-corrected chi connectivity index (χ0v) is 9.46. The van der Waals surface area contributed by atoms with Crippen LogP contribution in [0, 0.1) is 16.0 Å².